The fourth-order valence-electron chi connectivity index (χ4n) is 7.10. The molecule has 1 amide bonds. The molecule has 1 aromatic heterocycles. The molecule has 0 radical (unpaired) electrons. The molecule has 9 nitrogen and oxygen atoms in total. The molecule has 3 N–H and O–H groups in total. The Morgan fingerprint density at radius 2 is 1.78 bits per heavy atom. The van der Waals surface area contributed by atoms with Crippen LogP contribution in [-0.4, -0.2) is 64.4 Å². The summed E-state index contributed by atoms with van der Waals surface area (Å²) in [6.07, 6.45) is 4.00. The van der Waals surface area contributed by atoms with E-state index in [1.807, 2.05) is 53.3 Å². The monoisotopic (exact) mass is 711 g/mol. The number of carboxylic acids is 1. The number of methoxy groups -OCH3 is 1. The van der Waals surface area contributed by atoms with Crippen LogP contribution < -0.4 is 15.4 Å². The molecule has 2 fully saturated rings. The summed E-state index contributed by atoms with van der Waals surface area (Å²) in [5.74, 6) is -0.245. The molecule has 5 aromatic rings. The van der Waals surface area contributed by atoms with E-state index in [2.05, 4.69) is 45.9 Å². The van der Waals surface area contributed by atoms with Gasteiger partial charge in [-0.1, -0.05) is 77.8 Å². The highest BCUT2D eigenvalue weighted by molar-refractivity contribution is 6.36. The van der Waals surface area contributed by atoms with Gasteiger partial charge in [-0.15, -0.1) is 0 Å². The lowest BCUT2D eigenvalue weighted by atomic mass is 9.96. The second-order valence-electron chi connectivity index (χ2n) is 13.2. The van der Waals surface area contributed by atoms with E-state index in [1.54, 1.807) is 7.11 Å². The number of amides is 1. The Hall–Kier alpha value is -4.41. The maximum Gasteiger partial charge on any atom is 0.307 e. The van der Waals surface area contributed by atoms with Crippen LogP contribution in [-0.2, 0) is 29.2 Å². The molecule has 258 valence electrons. The van der Waals surface area contributed by atoms with Gasteiger partial charge in [0.1, 0.15) is 5.75 Å². The van der Waals surface area contributed by atoms with Gasteiger partial charge in [0.2, 0.25) is 5.91 Å². The smallest absolute Gasteiger partial charge is 0.307 e. The molecule has 0 unspecified atom stereocenters. The van der Waals surface area contributed by atoms with Gasteiger partial charge in [0.15, 0.2) is 0 Å². The van der Waals surface area contributed by atoms with Crippen LogP contribution in [0.4, 0.5) is 0 Å². The first-order chi connectivity index (χ1) is 24.3. The lowest BCUT2D eigenvalue weighted by molar-refractivity contribution is -0.141. The first-order valence-corrected chi connectivity index (χ1v) is 17.7. The third kappa shape index (κ3) is 7.23. The van der Waals surface area contributed by atoms with Gasteiger partial charge in [0, 0.05) is 65.7 Å². The topological polar surface area (TPSA) is 109 Å². The van der Waals surface area contributed by atoms with Gasteiger partial charge < -0.3 is 20.5 Å². The lowest BCUT2D eigenvalue weighted by Gasteiger charge is -2.19. The molecular formula is C39H39Cl2N5O4. The van der Waals surface area contributed by atoms with E-state index < -0.39 is 5.97 Å². The van der Waals surface area contributed by atoms with E-state index in [0.717, 1.165) is 75.9 Å². The predicted molar refractivity (Wildman–Crippen MR) is 197 cm³/mol. The number of nitrogens with zero attached hydrogens (tertiary/aromatic N) is 3. The van der Waals surface area contributed by atoms with Crippen LogP contribution in [0.25, 0.3) is 33.2 Å². The van der Waals surface area contributed by atoms with Gasteiger partial charge in [-0.05, 0) is 59.8 Å². The van der Waals surface area contributed by atoms with Gasteiger partial charge in [0.25, 0.3) is 0 Å². The van der Waals surface area contributed by atoms with E-state index in [9.17, 15) is 14.7 Å². The number of aromatic nitrogens is 2. The van der Waals surface area contributed by atoms with Crippen molar-refractivity contribution in [2.45, 2.75) is 44.9 Å². The third-order valence-corrected chi connectivity index (χ3v) is 10.6. The largest absolute Gasteiger partial charge is 0.496 e. The molecule has 11 heteroatoms. The van der Waals surface area contributed by atoms with Crippen molar-refractivity contribution in [2.24, 2.45) is 5.92 Å². The summed E-state index contributed by atoms with van der Waals surface area (Å²) in [7, 11) is 1.64. The summed E-state index contributed by atoms with van der Waals surface area (Å²) in [4.78, 5) is 25.0. The quantitative estimate of drug-likeness (QED) is 0.128. The number of benzene rings is 4. The molecular weight excluding hydrogens is 673 g/mol. The number of carbonyl (C=O) groups excluding carboxylic acids is 1. The second kappa shape index (κ2) is 14.8. The molecule has 2 aliphatic rings. The molecule has 0 saturated carbocycles. The molecule has 50 heavy (non-hydrogen) atoms. The molecule has 3 heterocycles. The minimum atomic E-state index is -0.749. The number of likely N-dealkylation sites (tertiary alicyclic amines) is 1. The van der Waals surface area contributed by atoms with Gasteiger partial charge in [-0.2, -0.15) is 5.10 Å². The second-order valence-corrected chi connectivity index (χ2v) is 13.9. The molecule has 4 aromatic carbocycles. The number of carboxylic acid groups (broad SMARTS) is 1. The minimum Gasteiger partial charge on any atom is -0.496 e. The first-order valence-electron chi connectivity index (χ1n) is 16.9. The van der Waals surface area contributed by atoms with Crippen LogP contribution in [0.3, 0.4) is 0 Å². The Labute approximate surface area is 301 Å². The number of hydrogen-bond donors (Lipinski definition) is 3. The van der Waals surface area contributed by atoms with E-state index in [0.29, 0.717) is 48.3 Å². The standard InChI is InChI=1S/C39H39Cl2N5O4/c1-50-36-17-27(34(40)16-28(36)22-45-15-14-26(21-45)39(48)49)23-46-35-7-3-5-31(33(35)20-43-46)32-6-2-4-30(38(32)41)25-10-8-24(9-11-25)18-42-19-29-12-13-37(47)44-29/h2-11,16-17,20,26,29,42H,12-15,18-19,21-23H2,1H3,(H,44,47)(H,48,49)/t26-,29-/m0/s1. The van der Waals surface area contributed by atoms with Crippen molar-refractivity contribution in [2.75, 3.05) is 26.7 Å². The Morgan fingerprint density at radius 3 is 2.52 bits per heavy atom. The van der Waals surface area contributed by atoms with Crippen LogP contribution in [0.15, 0.2) is 79.0 Å². The lowest BCUT2D eigenvalue weighted by Crippen LogP contribution is -2.35. The van der Waals surface area contributed by atoms with Gasteiger partial charge in [0.05, 0.1) is 36.3 Å². The van der Waals surface area contributed by atoms with Crippen molar-refractivity contribution in [1.82, 2.24) is 25.3 Å². The Kier molecular flexibility index (Phi) is 10.1. The highest BCUT2D eigenvalue weighted by Crippen LogP contribution is 2.39. The third-order valence-electron chi connectivity index (χ3n) is 9.83. The highest BCUT2D eigenvalue weighted by atomic mass is 35.5. The Morgan fingerprint density at radius 1 is 1.00 bits per heavy atom. The molecule has 2 saturated heterocycles. The van der Waals surface area contributed by atoms with E-state index in [-0.39, 0.29) is 17.9 Å². The summed E-state index contributed by atoms with van der Waals surface area (Å²) in [5, 5.41) is 22.9. The van der Waals surface area contributed by atoms with Crippen LogP contribution in [0.1, 0.15) is 36.0 Å². The molecule has 0 spiro atoms. The zero-order chi connectivity index (χ0) is 34.8. The number of nitrogens with one attached hydrogen (secondary N) is 2. The zero-order valence-corrected chi connectivity index (χ0v) is 29.3. The van der Waals surface area contributed by atoms with E-state index >= 15 is 0 Å². The van der Waals surface area contributed by atoms with Gasteiger partial charge in [-0.3, -0.25) is 19.2 Å². The number of aliphatic carboxylic acids is 1. The van der Waals surface area contributed by atoms with Gasteiger partial charge in [-0.25, -0.2) is 0 Å². The summed E-state index contributed by atoms with van der Waals surface area (Å²) < 4.78 is 7.69. The summed E-state index contributed by atoms with van der Waals surface area (Å²) in [6, 6.07) is 24.7. The molecule has 7 rings (SSSR count). The van der Waals surface area contributed by atoms with Crippen molar-refractivity contribution < 1.29 is 19.4 Å². The normalized spacial score (nSPS) is 17.8. The Bertz CT molecular complexity index is 2050. The van der Waals surface area contributed by atoms with E-state index in [4.69, 9.17) is 33.0 Å². The minimum absolute atomic E-state index is 0.131. The maximum atomic E-state index is 11.5. The number of hydrogen-bond acceptors (Lipinski definition) is 6. The molecule has 2 aliphatic heterocycles. The molecule has 0 bridgehead atoms. The maximum absolute atomic E-state index is 11.5. The average molecular weight is 713 g/mol. The van der Waals surface area contributed by atoms with Crippen molar-refractivity contribution >= 4 is 46.0 Å². The first kappa shape index (κ1) is 34.1. The van der Waals surface area contributed by atoms with Crippen LogP contribution in [0, 0.1) is 5.92 Å². The average Bonchev–Trinajstić information content (AvgIpc) is 3.87. The van der Waals surface area contributed by atoms with Crippen molar-refractivity contribution in [1.29, 1.82) is 0 Å². The van der Waals surface area contributed by atoms with Crippen LogP contribution in [0.2, 0.25) is 10.0 Å². The number of rotatable bonds is 12. The summed E-state index contributed by atoms with van der Waals surface area (Å²) >= 11 is 14.0. The van der Waals surface area contributed by atoms with Crippen molar-refractivity contribution in [3.05, 3.63) is 106 Å². The number of ether oxygens (including phenoxy) is 1. The fraction of sp³-hybridized carbons (Fsp3) is 0.308. The predicted octanol–water partition coefficient (Wildman–Crippen LogP) is 7.01. The summed E-state index contributed by atoms with van der Waals surface area (Å²) in [5.41, 5.74) is 7.81. The van der Waals surface area contributed by atoms with Gasteiger partial charge >= 0.3 is 5.97 Å². The Balaban J connectivity index is 1.08. The van der Waals surface area contributed by atoms with Crippen LogP contribution >= 0.6 is 23.2 Å². The zero-order valence-electron chi connectivity index (χ0n) is 27.8. The fourth-order valence-corrected chi connectivity index (χ4v) is 7.68. The number of carbonyl (C=O) groups is 2. The highest BCUT2D eigenvalue weighted by Gasteiger charge is 2.28. The number of halogens is 2. The molecule has 2 atom stereocenters. The van der Waals surface area contributed by atoms with Crippen molar-refractivity contribution in [3.8, 4) is 28.0 Å². The number of fused-ring (bicyclic) bond motifs is 1. The SMILES string of the molecule is COc1cc(Cn2ncc3c(-c4cccc(-c5ccc(CNC[C@@H]6CCC(=O)N6)cc5)c4Cl)cccc32)c(Cl)cc1CN1CC[C@H](C(=O)O)C1. The van der Waals surface area contributed by atoms with E-state index in [1.165, 1.54) is 0 Å². The summed E-state index contributed by atoms with van der Waals surface area (Å²) in [6.45, 7) is 3.74. The molecule has 0 aliphatic carbocycles. The van der Waals surface area contributed by atoms with Crippen LogP contribution in [0.5, 0.6) is 5.75 Å². The van der Waals surface area contributed by atoms with Crippen molar-refractivity contribution in [3.63, 3.8) is 0 Å².